The molecule has 0 spiro atoms. The topological polar surface area (TPSA) is 95.1 Å². The molecule has 1 heterocycles. The van der Waals surface area contributed by atoms with E-state index in [2.05, 4.69) is 29.4 Å². The molecule has 0 bridgehead atoms. The molecular formula is C21H22F3N5O2S. The van der Waals surface area contributed by atoms with Gasteiger partial charge in [0.2, 0.25) is 11.1 Å². The molecular weight excluding hydrogens is 443 g/mol. The monoisotopic (exact) mass is 465 g/mol. The van der Waals surface area contributed by atoms with Crippen molar-refractivity contribution in [3.05, 3.63) is 64.7 Å². The molecule has 0 saturated heterocycles. The third-order valence-corrected chi connectivity index (χ3v) is 5.47. The molecule has 1 aromatic heterocycles. The van der Waals surface area contributed by atoms with Crippen molar-refractivity contribution in [3.8, 4) is 5.75 Å². The van der Waals surface area contributed by atoms with Gasteiger partial charge >= 0.3 is 0 Å². The highest BCUT2D eigenvalue weighted by Crippen LogP contribution is 2.28. The Morgan fingerprint density at radius 2 is 1.94 bits per heavy atom. The van der Waals surface area contributed by atoms with Gasteiger partial charge in [-0.2, -0.15) is 0 Å². The first-order chi connectivity index (χ1) is 15.2. The number of hydrogen-bond donors (Lipinski definition) is 2. The number of ether oxygens (including phenoxy) is 1. The maximum Gasteiger partial charge on any atom is 0.234 e. The molecule has 0 atom stereocenters. The van der Waals surface area contributed by atoms with Crippen LogP contribution in [0.5, 0.6) is 5.75 Å². The Bertz CT molecular complexity index is 1140. The molecule has 3 aromatic rings. The highest BCUT2D eigenvalue weighted by Gasteiger charge is 2.17. The number of nitrogens with one attached hydrogen (secondary N) is 1. The second kappa shape index (κ2) is 9.94. The van der Waals surface area contributed by atoms with Gasteiger partial charge < -0.3 is 15.9 Å². The average molecular weight is 466 g/mol. The summed E-state index contributed by atoms with van der Waals surface area (Å²) >= 11 is 0.947. The lowest BCUT2D eigenvalue weighted by Crippen LogP contribution is -2.18. The zero-order chi connectivity index (χ0) is 23.4. The molecule has 3 N–H and O–H groups in total. The summed E-state index contributed by atoms with van der Waals surface area (Å²) in [4.78, 5) is 12.1. The molecule has 0 aliphatic carbocycles. The van der Waals surface area contributed by atoms with Gasteiger partial charge in [-0.3, -0.25) is 4.79 Å². The van der Waals surface area contributed by atoms with Crippen molar-refractivity contribution in [2.75, 3.05) is 16.9 Å². The summed E-state index contributed by atoms with van der Waals surface area (Å²) < 4.78 is 47.0. The number of nitrogens with zero attached hydrogens (tertiary/aromatic N) is 3. The van der Waals surface area contributed by atoms with E-state index in [0.29, 0.717) is 5.82 Å². The van der Waals surface area contributed by atoms with Gasteiger partial charge in [-0.25, -0.2) is 17.8 Å². The number of nitrogens with two attached hydrogens (primary N) is 1. The van der Waals surface area contributed by atoms with Gasteiger partial charge in [0.25, 0.3) is 0 Å². The number of hydrogen-bond acceptors (Lipinski definition) is 6. The summed E-state index contributed by atoms with van der Waals surface area (Å²) in [5.41, 5.74) is 1.64. The molecule has 0 fully saturated rings. The fourth-order valence-corrected chi connectivity index (χ4v) is 3.50. The Morgan fingerprint density at radius 3 is 2.66 bits per heavy atom. The van der Waals surface area contributed by atoms with E-state index < -0.39 is 29.0 Å². The van der Waals surface area contributed by atoms with Gasteiger partial charge in [0, 0.05) is 0 Å². The lowest BCUT2D eigenvalue weighted by atomic mass is 10.0. The average Bonchev–Trinajstić information content (AvgIpc) is 3.10. The van der Waals surface area contributed by atoms with E-state index in [9.17, 15) is 18.0 Å². The van der Waals surface area contributed by atoms with Crippen LogP contribution in [0, 0.1) is 24.4 Å². The Hall–Kier alpha value is -3.21. The van der Waals surface area contributed by atoms with Gasteiger partial charge in [-0.1, -0.05) is 37.7 Å². The number of benzene rings is 2. The summed E-state index contributed by atoms with van der Waals surface area (Å²) in [7, 11) is 0. The molecule has 170 valence electrons. The van der Waals surface area contributed by atoms with E-state index >= 15 is 0 Å². The second-order valence-electron chi connectivity index (χ2n) is 7.31. The van der Waals surface area contributed by atoms with Crippen molar-refractivity contribution in [2.45, 2.75) is 38.5 Å². The quantitative estimate of drug-likeness (QED) is 0.295. The van der Waals surface area contributed by atoms with Crippen molar-refractivity contribution >= 4 is 23.4 Å². The minimum Gasteiger partial charge on any atom is -0.485 e. The number of halogens is 3. The number of amides is 1. The van der Waals surface area contributed by atoms with Crippen LogP contribution in [0.4, 0.5) is 18.9 Å². The van der Waals surface area contributed by atoms with Crippen molar-refractivity contribution in [2.24, 2.45) is 0 Å². The highest BCUT2D eigenvalue weighted by atomic mass is 32.2. The van der Waals surface area contributed by atoms with E-state index in [4.69, 9.17) is 10.6 Å². The molecule has 0 aliphatic rings. The van der Waals surface area contributed by atoms with Gasteiger partial charge in [0.05, 0.1) is 11.4 Å². The zero-order valence-corrected chi connectivity index (χ0v) is 18.5. The standard InChI is InChI=1S/C21H22F3N5O2S/c1-11(2)13-5-4-12(3)8-16(13)31-9-17-27-28-21(29(17)25)32-10-18(30)26-15-7-6-14(22)19(23)20(15)24/h4-8,11H,9-10,25H2,1-3H3,(H,26,30). The zero-order valence-electron chi connectivity index (χ0n) is 17.7. The SMILES string of the molecule is Cc1ccc(C(C)C)c(OCc2nnc(SCC(=O)Nc3ccc(F)c(F)c3F)n2N)c1. The molecule has 0 saturated carbocycles. The van der Waals surface area contributed by atoms with Crippen LogP contribution in [0.3, 0.4) is 0 Å². The van der Waals surface area contributed by atoms with Crippen LogP contribution < -0.4 is 15.9 Å². The normalized spacial score (nSPS) is 11.1. The summed E-state index contributed by atoms with van der Waals surface area (Å²) in [6.07, 6.45) is 0. The number of carbonyl (C=O) groups excluding carboxylic acids is 1. The summed E-state index contributed by atoms with van der Waals surface area (Å²) in [5.74, 6) is 2.02. The minimum absolute atomic E-state index is 0.0689. The minimum atomic E-state index is -1.66. The van der Waals surface area contributed by atoms with Crippen molar-refractivity contribution < 1.29 is 22.7 Å². The van der Waals surface area contributed by atoms with Crippen LogP contribution in [0.15, 0.2) is 35.5 Å². The molecule has 2 aromatic carbocycles. The first-order valence-electron chi connectivity index (χ1n) is 9.66. The summed E-state index contributed by atoms with van der Waals surface area (Å²) in [5, 5.41) is 10.3. The Morgan fingerprint density at radius 1 is 1.19 bits per heavy atom. The Kier molecular flexibility index (Phi) is 7.29. The molecule has 0 unspecified atom stereocenters. The fourth-order valence-electron chi connectivity index (χ4n) is 2.83. The van der Waals surface area contributed by atoms with E-state index in [-0.39, 0.29) is 23.4 Å². The molecule has 1 amide bonds. The Balaban J connectivity index is 1.60. The smallest absolute Gasteiger partial charge is 0.234 e. The molecule has 0 aliphatic heterocycles. The number of thioether (sulfide) groups is 1. The molecule has 7 nitrogen and oxygen atoms in total. The van der Waals surface area contributed by atoms with Crippen LogP contribution in [-0.2, 0) is 11.4 Å². The van der Waals surface area contributed by atoms with Gasteiger partial charge in [-0.15, -0.1) is 10.2 Å². The fraction of sp³-hybridized carbons (Fsp3) is 0.286. The predicted octanol–water partition coefficient (Wildman–Crippen LogP) is 4.15. The number of carbonyl (C=O) groups is 1. The van der Waals surface area contributed by atoms with E-state index in [0.717, 1.165) is 40.8 Å². The van der Waals surface area contributed by atoms with Gasteiger partial charge in [0.15, 0.2) is 23.3 Å². The second-order valence-corrected chi connectivity index (χ2v) is 8.26. The van der Waals surface area contributed by atoms with Gasteiger partial charge in [-0.05, 0) is 42.2 Å². The molecule has 32 heavy (non-hydrogen) atoms. The summed E-state index contributed by atoms with van der Waals surface area (Å²) in [6, 6.07) is 7.62. The van der Waals surface area contributed by atoms with E-state index in [1.165, 1.54) is 4.68 Å². The first kappa shape index (κ1) is 23.5. The van der Waals surface area contributed by atoms with Gasteiger partial charge in [0.1, 0.15) is 12.4 Å². The molecule has 11 heteroatoms. The molecule has 3 rings (SSSR count). The van der Waals surface area contributed by atoms with Crippen LogP contribution in [0.1, 0.15) is 36.7 Å². The number of aryl methyl sites for hydroxylation is 1. The maximum absolute atomic E-state index is 13.7. The van der Waals surface area contributed by atoms with Crippen molar-refractivity contribution in [1.29, 1.82) is 0 Å². The lowest BCUT2D eigenvalue weighted by molar-refractivity contribution is -0.113. The largest absolute Gasteiger partial charge is 0.485 e. The predicted molar refractivity (Wildman–Crippen MR) is 115 cm³/mol. The first-order valence-corrected chi connectivity index (χ1v) is 10.6. The lowest BCUT2D eigenvalue weighted by Gasteiger charge is -2.14. The van der Waals surface area contributed by atoms with E-state index in [1.54, 1.807) is 0 Å². The van der Waals surface area contributed by atoms with Crippen LogP contribution in [-0.4, -0.2) is 26.5 Å². The highest BCUT2D eigenvalue weighted by molar-refractivity contribution is 7.99. The number of nitrogen functional groups attached to an aromatic ring is 1. The van der Waals surface area contributed by atoms with Crippen LogP contribution in [0.2, 0.25) is 0 Å². The Labute approximate surface area is 187 Å². The number of anilines is 1. The van der Waals surface area contributed by atoms with Crippen molar-refractivity contribution in [1.82, 2.24) is 14.9 Å². The third kappa shape index (κ3) is 5.34. The molecule has 0 radical (unpaired) electrons. The maximum atomic E-state index is 13.7. The number of aromatic nitrogens is 3. The van der Waals surface area contributed by atoms with Crippen LogP contribution >= 0.6 is 11.8 Å². The van der Waals surface area contributed by atoms with Crippen molar-refractivity contribution in [3.63, 3.8) is 0 Å². The summed E-state index contributed by atoms with van der Waals surface area (Å²) in [6.45, 7) is 6.16. The number of rotatable bonds is 8. The third-order valence-electron chi connectivity index (χ3n) is 4.52. The van der Waals surface area contributed by atoms with E-state index in [1.807, 2.05) is 25.1 Å². The van der Waals surface area contributed by atoms with Crippen LogP contribution in [0.25, 0.3) is 0 Å².